The summed E-state index contributed by atoms with van der Waals surface area (Å²) in [6.07, 6.45) is 3.17. The molecule has 0 saturated carbocycles. The molecule has 11 amide bonds. The zero-order valence-electron chi connectivity index (χ0n) is 60.7. The summed E-state index contributed by atoms with van der Waals surface area (Å²) in [5.41, 5.74) is 21.8. The van der Waals surface area contributed by atoms with Crippen molar-refractivity contribution in [3.05, 3.63) is 168 Å². The van der Waals surface area contributed by atoms with Crippen molar-refractivity contribution in [3.8, 4) is 11.5 Å². The van der Waals surface area contributed by atoms with Crippen molar-refractivity contribution in [3.63, 3.8) is 0 Å². The van der Waals surface area contributed by atoms with Gasteiger partial charge in [-0.15, -0.1) is 0 Å². The lowest BCUT2D eigenvalue weighted by Crippen LogP contribution is -2.61. The van der Waals surface area contributed by atoms with Crippen LogP contribution < -0.4 is 70.4 Å². The Bertz CT molecular complexity index is 4220. The standard InChI is InChI=1S/C77H99N15O15/c1-7-43(4)66(92-75(104)63(38-50-41-82-57-22-14-12-20-54(50)57)90-73(102)60(35-46-17-9-8-10-18-46)87-69(98)55(79)34-47-24-28-51(93)29-25-47)76(105)84-45(6)67(96)86-62(37-49-40-81-56-21-13-11-19-53(49)56)74(103)89-61(36-48-26-30-52(94)31-27-48)72(101)85-58(23-15-16-32-78)70(99)88-59(33-42(2)3)71(100)83-44(5)68(97)91-64(77(106)107)39-65(80)95/h8-14,17-22,24-31,40-45,55,58-64,66,81-82,93-94H,7,15-16,23,32-39,78-79H2,1-6H3,(H2,80,95)(H,83,100)(H,84,105)(H,85,101)(H,86,96)(H,87,98)(H,88,99)(H,89,103)(H,90,102)(H,91,97)(H,92,104)(H,106,107)/t43-,44-,45-,55-,58-,59-,60-,61-,62-,63-,64-,66-/m0/s1. The molecule has 0 aliphatic heterocycles. The molecule has 0 bridgehead atoms. The van der Waals surface area contributed by atoms with E-state index in [0.29, 0.717) is 58.0 Å². The number of H-pyrrole nitrogens is 2. The molecule has 0 unspecified atom stereocenters. The highest BCUT2D eigenvalue weighted by atomic mass is 16.4. The number of nitrogens with two attached hydrogens (primary N) is 3. The minimum atomic E-state index is -1.69. The Hall–Kier alpha value is -11.7. The molecule has 12 atom stereocenters. The number of aromatic amines is 2. The molecule has 0 aliphatic rings. The number of aromatic nitrogens is 2. The summed E-state index contributed by atoms with van der Waals surface area (Å²) in [5.74, 6) is -11.8. The van der Waals surface area contributed by atoms with E-state index >= 15 is 9.59 Å². The minimum absolute atomic E-state index is 0.0110. The molecule has 21 N–H and O–H groups in total. The van der Waals surface area contributed by atoms with E-state index in [-0.39, 0.29) is 68.9 Å². The fourth-order valence-corrected chi connectivity index (χ4v) is 12.1. The van der Waals surface area contributed by atoms with Crippen LogP contribution in [0.25, 0.3) is 21.8 Å². The minimum Gasteiger partial charge on any atom is -0.508 e. The van der Waals surface area contributed by atoms with E-state index in [9.17, 15) is 63.3 Å². The zero-order valence-corrected chi connectivity index (χ0v) is 60.7. The molecule has 0 fully saturated rings. The number of phenols is 2. The Labute approximate surface area is 619 Å². The third kappa shape index (κ3) is 25.0. The molecule has 30 heteroatoms. The van der Waals surface area contributed by atoms with Gasteiger partial charge in [0.2, 0.25) is 65.0 Å². The molecule has 0 spiro atoms. The summed E-state index contributed by atoms with van der Waals surface area (Å²) in [7, 11) is 0. The second-order valence-corrected chi connectivity index (χ2v) is 27.3. The van der Waals surface area contributed by atoms with Gasteiger partial charge in [-0.25, -0.2) is 4.79 Å². The summed E-state index contributed by atoms with van der Waals surface area (Å²) >= 11 is 0. The SMILES string of the molecule is CC[C@H](C)[C@H](NC(=O)[C@H](Cc1c[nH]c2ccccc12)NC(=O)[C@H](Cc1ccccc1)NC(=O)[C@@H](N)Cc1ccc(O)cc1)C(=O)N[C@@H](C)C(=O)N[C@@H](Cc1c[nH]c2ccccc12)C(=O)N[C@@H](Cc1ccc(O)cc1)C(=O)N[C@@H](CCCCN)C(=O)N[C@@H](CC(C)C)C(=O)N[C@@H](C)C(=O)N[C@@H](CC(N)=O)C(=O)O. The first-order valence-corrected chi connectivity index (χ1v) is 35.7. The molecule has 2 aromatic heterocycles. The molecule has 572 valence electrons. The zero-order chi connectivity index (χ0) is 78.0. The van der Waals surface area contributed by atoms with Crippen LogP contribution in [0.2, 0.25) is 0 Å². The van der Waals surface area contributed by atoms with E-state index in [1.807, 2.05) is 24.3 Å². The topological polar surface area (TPSA) is 495 Å². The number of carbonyl (C=O) groups is 12. The average Bonchev–Trinajstić information content (AvgIpc) is 1.69. The van der Waals surface area contributed by atoms with Crippen LogP contribution in [0.5, 0.6) is 11.5 Å². The molecule has 5 aromatic carbocycles. The number of fused-ring (bicyclic) bond motifs is 2. The number of rotatable bonds is 41. The van der Waals surface area contributed by atoms with E-state index in [0.717, 1.165) is 10.9 Å². The Morgan fingerprint density at radius 2 is 0.813 bits per heavy atom. The number of amides is 11. The van der Waals surface area contributed by atoms with E-state index in [2.05, 4.69) is 63.1 Å². The van der Waals surface area contributed by atoms with Crippen LogP contribution in [0.15, 0.2) is 140 Å². The second kappa shape index (κ2) is 40.0. The van der Waals surface area contributed by atoms with Crippen molar-refractivity contribution in [1.82, 2.24) is 63.1 Å². The number of carboxylic acids is 1. The maximum atomic E-state index is 15.2. The predicted octanol–water partition coefficient (Wildman–Crippen LogP) is 1.97. The summed E-state index contributed by atoms with van der Waals surface area (Å²) < 4.78 is 0. The normalized spacial score (nSPS) is 14.7. The number of nitrogens with one attached hydrogen (secondary N) is 12. The van der Waals surface area contributed by atoms with Gasteiger partial charge in [0, 0.05) is 59.9 Å². The van der Waals surface area contributed by atoms with Gasteiger partial charge in [-0.1, -0.05) is 125 Å². The van der Waals surface area contributed by atoms with Gasteiger partial charge in [-0.3, -0.25) is 52.7 Å². The van der Waals surface area contributed by atoms with Crippen molar-refractivity contribution in [1.29, 1.82) is 0 Å². The van der Waals surface area contributed by atoms with Crippen molar-refractivity contribution in [2.24, 2.45) is 29.0 Å². The highest BCUT2D eigenvalue weighted by molar-refractivity contribution is 6.00. The Kier molecular flexibility index (Phi) is 30.9. The molecule has 7 rings (SSSR count). The number of carboxylic acid groups (broad SMARTS) is 1. The number of aromatic hydroxyl groups is 2. The maximum absolute atomic E-state index is 15.2. The molecule has 30 nitrogen and oxygen atoms in total. The fourth-order valence-electron chi connectivity index (χ4n) is 12.1. The number of hydrogen-bond donors (Lipinski definition) is 18. The van der Waals surface area contributed by atoms with Crippen LogP contribution in [0.4, 0.5) is 0 Å². The summed E-state index contributed by atoms with van der Waals surface area (Å²) in [6, 6.07) is 20.0. The molecule has 0 saturated heterocycles. The number of phenolic OH excluding ortho intramolecular Hbond substituents is 2. The Morgan fingerprint density at radius 3 is 1.29 bits per heavy atom. The molecule has 0 aliphatic carbocycles. The average molecular weight is 1470 g/mol. The number of benzene rings is 5. The lowest BCUT2D eigenvalue weighted by molar-refractivity contribution is -0.143. The number of hydrogen-bond acceptors (Lipinski definition) is 16. The van der Waals surface area contributed by atoms with Crippen LogP contribution in [0.3, 0.4) is 0 Å². The van der Waals surface area contributed by atoms with Crippen LogP contribution in [0.1, 0.15) is 108 Å². The molecular weight excluding hydrogens is 1370 g/mol. The Balaban J connectivity index is 1.13. The van der Waals surface area contributed by atoms with Crippen molar-refractivity contribution in [2.75, 3.05) is 6.54 Å². The summed E-state index contributed by atoms with van der Waals surface area (Å²) in [4.78, 5) is 175. The van der Waals surface area contributed by atoms with E-state index < -0.39 is 150 Å². The largest absolute Gasteiger partial charge is 0.508 e. The number of unbranched alkanes of at least 4 members (excludes halogenated alkanes) is 1. The number of carbonyl (C=O) groups excluding carboxylic acids is 11. The lowest BCUT2D eigenvalue weighted by Gasteiger charge is -2.29. The van der Waals surface area contributed by atoms with E-state index in [1.165, 1.54) is 50.2 Å². The molecular formula is C77H99N15O15. The molecule has 107 heavy (non-hydrogen) atoms. The van der Waals surface area contributed by atoms with Gasteiger partial charge < -0.3 is 95.7 Å². The molecule has 2 heterocycles. The van der Waals surface area contributed by atoms with Gasteiger partial charge in [-0.2, -0.15) is 0 Å². The smallest absolute Gasteiger partial charge is 0.326 e. The third-order valence-corrected chi connectivity index (χ3v) is 18.4. The van der Waals surface area contributed by atoms with Crippen molar-refractivity contribution in [2.45, 2.75) is 179 Å². The van der Waals surface area contributed by atoms with Gasteiger partial charge in [0.25, 0.3) is 0 Å². The first-order chi connectivity index (χ1) is 51.0. The fraction of sp³-hybridized carbons (Fsp3) is 0.403. The summed E-state index contributed by atoms with van der Waals surface area (Å²) in [5, 5.41) is 58.0. The predicted molar refractivity (Wildman–Crippen MR) is 400 cm³/mol. The van der Waals surface area contributed by atoms with Gasteiger partial charge in [0.1, 0.15) is 71.9 Å². The highest BCUT2D eigenvalue weighted by Gasteiger charge is 2.38. The lowest BCUT2D eigenvalue weighted by atomic mass is 9.96. The molecule has 7 aromatic rings. The quantitative estimate of drug-likeness (QED) is 0.0244. The van der Waals surface area contributed by atoms with Gasteiger partial charge in [-0.05, 0) is 129 Å². The van der Waals surface area contributed by atoms with Gasteiger partial charge in [0.15, 0.2) is 0 Å². The summed E-state index contributed by atoms with van der Waals surface area (Å²) in [6.45, 7) is 9.88. The van der Waals surface area contributed by atoms with Crippen LogP contribution in [-0.4, -0.2) is 169 Å². The monoisotopic (exact) mass is 1470 g/mol. The van der Waals surface area contributed by atoms with Crippen LogP contribution in [0, 0.1) is 11.8 Å². The van der Waals surface area contributed by atoms with E-state index in [4.69, 9.17) is 17.2 Å². The molecule has 0 radical (unpaired) electrons. The number of aliphatic carboxylic acids is 1. The van der Waals surface area contributed by atoms with Crippen LogP contribution >= 0.6 is 0 Å². The van der Waals surface area contributed by atoms with Crippen molar-refractivity contribution >= 4 is 92.8 Å². The van der Waals surface area contributed by atoms with Crippen molar-refractivity contribution < 1.29 is 72.9 Å². The number of para-hydroxylation sites is 2. The first kappa shape index (κ1) is 82.6. The van der Waals surface area contributed by atoms with Gasteiger partial charge >= 0.3 is 5.97 Å². The van der Waals surface area contributed by atoms with E-state index in [1.54, 1.807) is 107 Å². The Morgan fingerprint density at radius 1 is 0.421 bits per heavy atom. The van der Waals surface area contributed by atoms with Gasteiger partial charge in [0.05, 0.1) is 12.5 Å². The third-order valence-electron chi connectivity index (χ3n) is 18.4. The second-order valence-electron chi connectivity index (χ2n) is 27.3. The highest BCUT2D eigenvalue weighted by Crippen LogP contribution is 2.23. The van der Waals surface area contributed by atoms with Crippen LogP contribution in [-0.2, 0) is 89.6 Å². The first-order valence-electron chi connectivity index (χ1n) is 35.7. The maximum Gasteiger partial charge on any atom is 0.326 e. The number of primary amides is 1.